The average molecular weight is 333 g/mol. The van der Waals surface area contributed by atoms with Crippen molar-refractivity contribution in [2.75, 3.05) is 26.9 Å². The van der Waals surface area contributed by atoms with Crippen LogP contribution in [0.4, 0.5) is 0 Å². The molecule has 0 bridgehead atoms. The first-order valence-electron chi connectivity index (χ1n) is 6.36. The second kappa shape index (κ2) is 11.7. The van der Waals surface area contributed by atoms with Crippen molar-refractivity contribution in [3.63, 3.8) is 0 Å². The van der Waals surface area contributed by atoms with Crippen molar-refractivity contribution >= 4 is 16.1 Å². The van der Waals surface area contributed by atoms with Crippen molar-refractivity contribution in [1.29, 1.82) is 0 Å². The van der Waals surface area contributed by atoms with E-state index in [2.05, 4.69) is 4.52 Å². The zero-order valence-corrected chi connectivity index (χ0v) is 13.8. The standard InChI is InChI=1S/C9H19O5P.CH3O3P/c1-3-12-15(10,13-4-2)14-9-7-5-6-8-11-9;1-4-5(2)3/h9H,3-8H2,1-2H3;1H3/p+1. The molecular formula is C10H23O8P2+. The van der Waals surface area contributed by atoms with E-state index in [0.717, 1.165) is 19.3 Å². The molecule has 2 unspecified atom stereocenters. The number of phosphoric acid groups is 1. The first-order valence-corrected chi connectivity index (χ1v) is 8.95. The van der Waals surface area contributed by atoms with E-state index in [4.69, 9.17) is 23.2 Å². The van der Waals surface area contributed by atoms with E-state index in [-0.39, 0.29) is 0 Å². The maximum Gasteiger partial charge on any atom is 0.694 e. The van der Waals surface area contributed by atoms with Crippen LogP contribution in [0, 0.1) is 0 Å². The van der Waals surface area contributed by atoms with Gasteiger partial charge in [0.1, 0.15) is 0 Å². The molecule has 2 atom stereocenters. The quantitative estimate of drug-likeness (QED) is 0.710. The molecule has 1 rings (SSSR count). The summed E-state index contributed by atoms with van der Waals surface area (Å²) in [5, 5.41) is 0. The molecule has 0 aromatic heterocycles. The fraction of sp³-hybridized carbons (Fsp3) is 1.00. The molecular weight excluding hydrogens is 310 g/mol. The van der Waals surface area contributed by atoms with E-state index in [1.54, 1.807) is 13.8 Å². The van der Waals surface area contributed by atoms with Gasteiger partial charge in [-0.2, -0.15) is 0 Å². The topological polar surface area (TPSA) is 101 Å². The van der Waals surface area contributed by atoms with Gasteiger partial charge < -0.3 is 4.74 Å². The molecule has 0 aromatic carbocycles. The Kier molecular flexibility index (Phi) is 11.8. The van der Waals surface area contributed by atoms with Crippen molar-refractivity contribution in [2.24, 2.45) is 0 Å². The van der Waals surface area contributed by atoms with Gasteiger partial charge in [-0.05, 0) is 33.1 Å². The lowest BCUT2D eigenvalue weighted by Gasteiger charge is -2.26. The van der Waals surface area contributed by atoms with E-state index in [1.165, 1.54) is 7.11 Å². The minimum Gasteiger partial charge on any atom is -0.352 e. The molecule has 0 saturated carbocycles. The molecule has 0 spiro atoms. The summed E-state index contributed by atoms with van der Waals surface area (Å²) in [5.74, 6) is 0. The highest BCUT2D eigenvalue weighted by Gasteiger charge is 2.31. The minimum absolute atomic E-state index is 0.296. The largest absolute Gasteiger partial charge is 0.694 e. The van der Waals surface area contributed by atoms with E-state index in [1.807, 2.05) is 0 Å². The average Bonchev–Trinajstić information content (AvgIpc) is 2.40. The van der Waals surface area contributed by atoms with Crippen molar-refractivity contribution < 1.29 is 36.9 Å². The molecule has 1 N–H and O–H groups in total. The van der Waals surface area contributed by atoms with Crippen LogP contribution < -0.4 is 0 Å². The summed E-state index contributed by atoms with van der Waals surface area (Å²) in [5.41, 5.74) is 0. The Bertz CT molecular complexity index is 296. The molecule has 1 aliphatic rings. The van der Waals surface area contributed by atoms with Gasteiger partial charge in [-0.3, -0.25) is 13.6 Å². The fourth-order valence-corrected chi connectivity index (χ4v) is 2.64. The van der Waals surface area contributed by atoms with E-state index < -0.39 is 22.4 Å². The van der Waals surface area contributed by atoms with Crippen LogP contribution >= 0.6 is 16.1 Å². The Balaban J connectivity index is 0.000000621. The summed E-state index contributed by atoms with van der Waals surface area (Å²) in [7, 11) is -4.60. The number of hydrogen-bond acceptors (Lipinski definition) is 7. The van der Waals surface area contributed by atoms with Gasteiger partial charge in [0.2, 0.25) is 0 Å². The Hall–Kier alpha value is 0.0900. The molecule has 0 radical (unpaired) electrons. The highest BCUT2D eigenvalue weighted by Crippen LogP contribution is 2.51. The van der Waals surface area contributed by atoms with Crippen LogP contribution in [-0.4, -0.2) is 38.1 Å². The van der Waals surface area contributed by atoms with Crippen LogP contribution in [0.1, 0.15) is 33.1 Å². The van der Waals surface area contributed by atoms with Gasteiger partial charge in [0.25, 0.3) is 0 Å². The van der Waals surface area contributed by atoms with Crippen molar-refractivity contribution in [3.8, 4) is 0 Å². The van der Waals surface area contributed by atoms with E-state index >= 15 is 0 Å². The SMILES string of the molecule is CCOP(=O)(OCC)OC1CCCCO1.CO[P+](=O)O. The molecule has 8 nitrogen and oxygen atoms in total. The Morgan fingerprint density at radius 2 is 1.85 bits per heavy atom. The highest BCUT2D eigenvalue weighted by molar-refractivity contribution is 7.48. The lowest BCUT2D eigenvalue weighted by molar-refractivity contribution is -0.121. The predicted molar refractivity (Wildman–Crippen MR) is 72.4 cm³/mol. The van der Waals surface area contributed by atoms with Gasteiger partial charge in [0.15, 0.2) is 6.29 Å². The molecule has 1 aliphatic heterocycles. The van der Waals surface area contributed by atoms with Gasteiger partial charge >= 0.3 is 16.1 Å². The van der Waals surface area contributed by atoms with Gasteiger partial charge in [-0.25, -0.2) is 4.57 Å². The molecule has 10 heteroatoms. The smallest absolute Gasteiger partial charge is 0.352 e. The van der Waals surface area contributed by atoms with Crippen molar-refractivity contribution in [2.45, 2.75) is 39.4 Å². The molecule has 0 amide bonds. The first kappa shape index (κ1) is 20.1. The molecule has 20 heavy (non-hydrogen) atoms. The first-order chi connectivity index (χ1) is 9.47. The number of ether oxygens (including phenoxy) is 1. The van der Waals surface area contributed by atoms with Gasteiger partial charge in [-0.15, -0.1) is 9.42 Å². The molecule has 0 aromatic rings. The zero-order chi connectivity index (χ0) is 15.4. The number of hydrogen-bond donors (Lipinski definition) is 1. The number of phosphoric ester groups is 1. The van der Waals surface area contributed by atoms with Gasteiger partial charge in [-0.1, -0.05) is 0 Å². The second-order valence-corrected chi connectivity index (χ2v) is 6.07. The van der Waals surface area contributed by atoms with Crippen LogP contribution in [-0.2, 0) is 32.0 Å². The van der Waals surface area contributed by atoms with Gasteiger partial charge in [0, 0.05) is 11.2 Å². The van der Waals surface area contributed by atoms with Crippen LogP contribution in [0.25, 0.3) is 0 Å². The summed E-state index contributed by atoms with van der Waals surface area (Å²) >= 11 is 0. The number of rotatable bonds is 7. The summed E-state index contributed by atoms with van der Waals surface area (Å²) in [6, 6.07) is 0. The summed E-state index contributed by atoms with van der Waals surface area (Å²) in [4.78, 5) is 7.65. The van der Waals surface area contributed by atoms with E-state index in [0.29, 0.717) is 19.8 Å². The maximum atomic E-state index is 11.9. The Morgan fingerprint density at radius 1 is 1.30 bits per heavy atom. The lowest BCUT2D eigenvalue weighted by atomic mass is 10.2. The van der Waals surface area contributed by atoms with Crippen LogP contribution in [0.15, 0.2) is 0 Å². The third-order valence-electron chi connectivity index (χ3n) is 2.12. The third kappa shape index (κ3) is 9.91. The maximum absolute atomic E-state index is 11.9. The lowest BCUT2D eigenvalue weighted by Crippen LogP contribution is -2.22. The van der Waals surface area contributed by atoms with Gasteiger partial charge in [0.05, 0.1) is 20.3 Å². The molecule has 1 saturated heterocycles. The normalized spacial score (nSPS) is 20.0. The van der Waals surface area contributed by atoms with Crippen LogP contribution in [0.2, 0.25) is 0 Å². The molecule has 1 heterocycles. The van der Waals surface area contributed by atoms with Crippen molar-refractivity contribution in [3.05, 3.63) is 0 Å². The fourth-order valence-electron chi connectivity index (χ4n) is 1.35. The van der Waals surface area contributed by atoms with E-state index in [9.17, 15) is 9.13 Å². The third-order valence-corrected chi connectivity index (χ3v) is 4.07. The molecule has 0 aliphatic carbocycles. The summed E-state index contributed by atoms with van der Waals surface area (Å²) in [6.07, 6.45) is 2.32. The summed E-state index contributed by atoms with van der Waals surface area (Å²) in [6.45, 7) is 4.73. The monoisotopic (exact) mass is 333 g/mol. The minimum atomic E-state index is -3.41. The van der Waals surface area contributed by atoms with Crippen molar-refractivity contribution in [1.82, 2.24) is 0 Å². The van der Waals surface area contributed by atoms with Crippen LogP contribution in [0.3, 0.4) is 0 Å². The zero-order valence-electron chi connectivity index (χ0n) is 12.0. The van der Waals surface area contributed by atoms with Crippen LogP contribution in [0.5, 0.6) is 0 Å². The highest BCUT2D eigenvalue weighted by atomic mass is 31.2. The Labute approximate surface area is 120 Å². The molecule has 120 valence electrons. The Morgan fingerprint density at radius 3 is 2.20 bits per heavy atom. The predicted octanol–water partition coefficient (Wildman–Crippen LogP) is 2.99. The second-order valence-electron chi connectivity index (χ2n) is 3.60. The summed E-state index contributed by atoms with van der Waals surface area (Å²) < 4.78 is 45.6. The molecule has 1 fully saturated rings.